The lowest BCUT2D eigenvalue weighted by Crippen LogP contribution is -1.98. The number of benzene rings is 2. The number of nitrogens with one attached hydrogen (secondary N) is 1. The number of ether oxygens (including phenoxy) is 2. The molecule has 0 saturated heterocycles. The van der Waals surface area contributed by atoms with Crippen molar-refractivity contribution >= 4 is 34.4 Å². The van der Waals surface area contributed by atoms with Gasteiger partial charge in [0.1, 0.15) is 0 Å². The van der Waals surface area contributed by atoms with E-state index in [4.69, 9.17) is 21.7 Å². The van der Waals surface area contributed by atoms with Gasteiger partial charge in [0.25, 0.3) is 0 Å². The van der Waals surface area contributed by atoms with E-state index in [2.05, 4.69) is 31.2 Å². The monoisotopic (exact) mass is 432 g/mol. The van der Waals surface area contributed by atoms with Crippen LogP contribution in [0.1, 0.15) is 12.5 Å². The fourth-order valence-corrected chi connectivity index (χ4v) is 3.02. The van der Waals surface area contributed by atoms with Gasteiger partial charge in [-0.3, -0.25) is 0 Å². The second-order valence-electron chi connectivity index (χ2n) is 5.23. The third-order valence-electron chi connectivity index (χ3n) is 3.57. The van der Waals surface area contributed by atoms with Crippen LogP contribution in [-0.4, -0.2) is 34.8 Å². The Labute approximate surface area is 164 Å². The van der Waals surface area contributed by atoms with Gasteiger partial charge in [-0.05, 0) is 55.0 Å². The van der Waals surface area contributed by atoms with Crippen LogP contribution in [0.2, 0.25) is 0 Å². The lowest BCUT2D eigenvalue weighted by atomic mass is 10.2. The number of halogens is 1. The van der Waals surface area contributed by atoms with Gasteiger partial charge < -0.3 is 9.47 Å². The molecule has 0 spiro atoms. The molecule has 1 aromatic heterocycles. The number of nitrogens with zero attached hydrogens (tertiary/aromatic N) is 3. The van der Waals surface area contributed by atoms with E-state index in [1.165, 1.54) is 0 Å². The van der Waals surface area contributed by atoms with E-state index in [9.17, 15) is 0 Å². The lowest BCUT2D eigenvalue weighted by molar-refractivity contribution is 0.311. The highest BCUT2D eigenvalue weighted by Gasteiger charge is 2.11. The molecule has 0 aliphatic rings. The molecule has 8 heteroatoms. The largest absolute Gasteiger partial charge is 0.493 e. The van der Waals surface area contributed by atoms with Crippen molar-refractivity contribution in [1.29, 1.82) is 0 Å². The van der Waals surface area contributed by atoms with Crippen molar-refractivity contribution in [2.75, 3.05) is 13.7 Å². The van der Waals surface area contributed by atoms with Crippen molar-refractivity contribution in [2.45, 2.75) is 6.92 Å². The zero-order chi connectivity index (χ0) is 18.5. The Hall–Kier alpha value is -2.45. The first-order valence-corrected chi connectivity index (χ1v) is 9.11. The molecule has 2 aromatic carbocycles. The summed E-state index contributed by atoms with van der Waals surface area (Å²) >= 11 is 8.84. The van der Waals surface area contributed by atoms with E-state index in [-0.39, 0.29) is 0 Å². The number of aromatic nitrogens is 3. The Balaban J connectivity index is 1.96. The van der Waals surface area contributed by atoms with E-state index in [1.54, 1.807) is 18.0 Å². The van der Waals surface area contributed by atoms with Crippen LogP contribution in [0.15, 0.2) is 52.0 Å². The molecule has 26 heavy (non-hydrogen) atoms. The van der Waals surface area contributed by atoms with E-state index in [1.807, 2.05) is 49.4 Å². The molecule has 0 radical (unpaired) electrons. The summed E-state index contributed by atoms with van der Waals surface area (Å²) in [6, 6.07) is 13.4. The predicted octanol–water partition coefficient (Wildman–Crippen LogP) is 4.66. The van der Waals surface area contributed by atoms with Crippen LogP contribution in [0.4, 0.5) is 0 Å². The maximum absolute atomic E-state index is 5.53. The average molecular weight is 433 g/mol. The summed E-state index contributed by atoms with van der Waals surface area (Å²) in [6.45, 7) is 2.50. The van der Waals surface area contributed by atoms with Gasteiger partial charge in [-0.2, -0.15) is 14.9 Å². The topological polar surface area (TPSA) is 64.4 Å². The maximum Gasteiger partial charge on any atom is 0.216 e. The standard InChI is InChI=1S/C18H17BrN4O2S/c1-3-25-15-9-8-12(10-16(15)24-2)11-20-23-17(21-22-18(23)26)13-6-4-5-7-14(13)19/h4-11H,3H2,1-2H3,(H,22,26). The third kappa shape index (κ3) is 3.86. The number of aromatic amines is 1. The summed E-state index contributed by atoms with van der Waals surface area (Å²) in [7, 11) is 1.61. The highest BCUT2D eigenvalue weighted by Crippen LogP contribution is 2.28. The minimum atomic E-state index is 0.407. The van der Waals surface area contributed by atoms with Crippen LogP contribution in [0.25, 0.3) is 11.4 Å². The molecule has 0 bridgehead atoms. The molecule has 3 rings (SSSR count). The minimum Gasteiger partial charge on any atom is -0.493 e. The molecule has 0 saturated carbocycles. The molecule has 0 amide bonds. The van der Waals surface area contributed by atoms with Crippen molar-refractivity contribution in [2.24, 2.45) is 5.10 Å². The van der Waals surface area contributed by atoms with Crippen LogP contribution in [-0.2, 0) is 0 Å². The molecule has 0 fully saturated rings. The van der Waals surface area contributed by atoms with E-state index in [0.29, 0.717) is 28.7 Å². The molecular formula is C18H17BrN4O2S. The smallest absolute Gasteiger partial charge is 0.216 e. The molecule has 6 nitrogen and oxygen atoms in total. The third-order valence-corrected chi connectivity index (χ3v) is 4.53. The summed E-state index contributed by atoms with van der Waals surface area (Å²) in [6.07, 6.45) is 1.70. The van der Waals surface area contributed by atoms with Crippen LogP contribution < -0.4 is 9.47 Å². The normalized spacial score (nSPS) is 11.0. The van der Waals surface area contributed by atoms with Crippen molar-refractivity contribution in [3.8, 4) is 22.9 Å². The molecule has 0 unspecified atom stereocenters. The van der Waals surface area contributed by atoms with E-state index in [0.717, 1.165) is 15.6 Å². The van der Waals surface area contributed by atoms with Crippen molar-refractivity contribution in [1.82, 2.24) is 14.9 Å². The number of H-pyrrole nitrogens is 1. The quantitative estimate of drug-likeness (QED) is 0.454. The zero-order valence-corrected chi connectivity index (χ0v) is 16.7. The first-order chi connectivity index (χ1) is 12.6. The first kappa shape index (κ1) is 18.3. The molecule has 1 N–H and O–H groups in total. The molecule has 3 aromatic rings. The van der Waals surface area contributed by atoms with E-state index >= 15 is 0 Å². The van der Waals surface area contributed by atoms with Crippen molar-refractivity contribution in [3.63, 3.8) is 0 Å². The molecular weight excluding hydrogens is 416 g/mol. The molecule has 134 valence electrons. The van der Waals surface area contributed by atoms with Gasteiger partial charge in [-0.25, -0.2) is 5.10 Å². The first-order valence-electron chi connectivity index (χ1n) is 7.91. The predicted molar refractivity (Wildman–Crippen MR) is 108 cm³/mol. The van der Waals surface area contributed by atoms with Gasteiger partial charge in [0, 0.05) is 10.0 Å². The van der Waals surface area contributed by atoms with Gasteiger partial charge in [0.05, 0.1) is 19.9 Å². The Morgan fingerprint density at radius 3 is 2.81 bits per heavy atom. The number of rotatable bonds is 6. The maximum atomic E-state index is 5.53. The molecule has 1 heterocycles. The molecule has 0 aliphatic heterocycles. The fourth-order valence-electron chi connectivity index (χ4n) is 2.38. The highest BCUT2D eigenvalue weighted by atomic mass is 79.9. The number of methoxy groups -OCH3 is 1. The summed E-state index contributed by atoms with van der Waals surface area (Å²) in [5.74, 6) is 1.97. The van der Waals surface area contributed by atoms with Crippen molar-refractivity contribution < 1.29 is 9.47 Å². The van der Waals surface area contributed by atoms with Gasteiger partial charge in [-0.15, -0.1) is 0 Å². The summed E-state index contributed by atoms with van der Waals surface area (Å²) in [5, 5.41) is 11.6. The second kappa shape index (κ2) is 8.29. The lowest BCUT2D eigenvalue weighted by Gasteiger charge is -2.09. The fraction of sp³-hybridized carbons (Fsp3) is 0.167. The summed E-state index contributed by atoms with van der Waals surface area (Å²) in [5.41, 5.74) is 1.74. The van der Waals surface area contributed by atoms with Crippen molar-refractivity contribution in [3.05, 3.63) is 57.3 Å². The zero-order valence-electron chi connectivity index (χ0n) is 14.3. The molecule has 0 atom stereocenters. The van der Waals surface area contributed by atoms with Gasteiger partial charge in [0.2, 0.25) is 4.77 Å². The van der Waals surface area contributed by atoms with Crippen LogP contribution in [0, 0.1) is 4.77 Å². The summed E-state index contributed by atoms with van der Waals surface area (Å²) < 4.78 is 13.8. The van der Waals surface area contributed by atoms with Crippen LogP contribution >= 0.6 is 28.1 Å². The van der Waals surface area contributed by atoms with Gasteiger partial charge >= 0.3 is 0 Å². The van der Waals surface area contributed by atoms with Gasteiger partial charge in [0.15, 0.2) is 17.3 Å². The summed E-state index contributed by atoms with van der Waals surface area (Å²) in [4.78, 5) is 0. The Bertz CT molecular complexity index is 997. The highest BCUT2D eigenvalue weighted by molar-refractivity contribution is 9.10. The number of hydrogen-bond donors (Lipinski definition) is 1. The SMILES string of the molecule is CCOc1ccc(C=Nn2c(-c3ccccc3Br)n[nH]c2=S)cc1OC. The van der Waals surface area contributed by atoms with Crippen LogP contribution in [0.5, 0.6) is 11.5 Å². The Kier molecular flexibility index (Phi) is 5.85. The van der Waals surface area contributed by atoms with Crippen LogP contribution in [0.3, 0.4) is 0 Å². The number of hydrogen-bond acceptors (Lipinski definition) is 5. The minimum absolute atomic E-state index is 0.407. The van der Waals surface area contributed by atoms with Gasteiger partial charge in [-0.1, -0.05) is 28.1 Å². The second-order valence-corrected chi connectivity index (χ2v) is 6.47. The average Bonchev–Trinajstić information content (AvgIpc) is 3.02. The molecule has 0 aliphatic carbocycles. The van der Waals surface area contributed by atoms with E-state index < -0.39 is 0 Å². The Morgan fingerprint density at radius 2 is 2.08 bits per heavy atom. The Morgan fingerprint density at radius 1 is 1.27 bits per heavy atom.